The molecule has 6 nitrogen and oxygen atoms in total. The van der Waals surface area contributed by atoms with Gasteiger partial charge in [0.15, 0.2) is 11.5 Å². The van der Waals surface area contributed by atoms with Gasteiger partial charge < -0.3 is 19.7 Å². The third kappa shape index (κ3) is 4.87. The number of methoxy groups -OCH3 is 2. The van der Waals surface area contributed by atoms with Crippen molar-refractivity contribution in [3.05, 3.63) is 23.3 Å². The number of hydrogen-bond acceptors (Lipinski definition) is 4. The molecule has 1 N–H and O–H groups in total. The zero-order valence-electron chi connectivity index (χ0n) is 15.6. The molecule has 1 aromatic rings. The van der Waals surface area contributed by atoms with Crippen molar-refractivity contribution in [3.8, 4) is 11.5 Å². The first-order valence-corrected chi connectivity index (χ1v) is 8.71. The van der Waals surface area contributed by atoms with Crippen molar-refractivity contribution in [2.75, 3.05) is 33.9 Å². The predicted octanol–water partition coefficient (Wildman–Crippen LogP) is 1.93. The number of carbonyl (C=O) groups excluding carboxylic acids is 2. The fourth-order valence-electron chi connectivity index (χ4n) is 3.21. The third-order valence-corrected chi connectivity index (χ3v) is 4.85. The lowest BCUT2D eigenvalue weighted by atomic mass is 9.95. The van der Waals surface area contributed by atoms with E-state index in [1.807, 2.05) is 19.1 Å². The van der Waals surface area contributed by atoms with Crippen molar-refractivity contribution in [3.63, 3.8) is 0 Å². The largest absolute Gasteiger partial charge is 0.493 e. The molecule has 1 aliphatic heterocycles. The number of nitrogens with one attached hydrogen (secondary N) is 1. The lowest BCUT2D eigenvalue weighted by Crippen LogP contribution is -2.42. The van der Waals surface area contributed by atoms with E-state index < -0.39 is 0 Å². The Balaban J connectivity index is 1.84. The van der Waals surface area contributed by atoms with Crippen LogP contribution in [0.3, 0.4) is 0 Å². The van der Waals surface area contributed by atoms with Crippen LogP contribution < -0.4 is 14.8 Å². The number of rotatable bonds is 6. The van der Waals surface area contributed by atoms with E-state index in [1.165, 1.54) is 0 Å². The van der Waals surface area contributed by atoms with E-state index in [2.05, 4.69) is 5.32 Å². The van der Waals surface area contributed by atoms with Gasteiger partial charge in [0.05, 0.1) is 14.2 Å². The minimum atomic E-state index is 0.00194. The molecule has 1 heterocycles. The van der Waals surface area contributed by atoms with Crippen LogP contribution in [0.15, 0.2) is 12.1 Å². The van der Waals surface area contributed by atoms with E-state index in [4.69, 9.17) is 9.47 Å². The normalized spacial score (nSPS) is 15.0. The maximum atomic E-state index is 12.3. The lowest BCUT2D eigenvalue weighted by Gasteiger charge is -2.30. The molecule has 1 aliphatic rings. The molecule has 138 valence electrons. The van der Waals surface area contributed by atoms with Crippen LogP contribution in [0, 0.1) is 12.8 Å². The van der Waals surface area contributed by atoms with Crippen LogP contribution in [0.1, 0.15) is 30.9 Å². The number of aryl methyl sites for hydroxylation is 1. The standard InChI is InChI=1S/C19H28N2O4/c1-13-11-17(24-3)18(25-4)12-16(13)5-8-20-19(23)15-6-9-21(10-7-15)14(2)22/h11-12,15H,5-10H2,1-4H3,(H,20,23). The number of benzene rings is 1. The van der Waals surface area contributed by atoms with E-state index in [1.54, 1.807) is 26.0 Å². The van der Waals surface area contributed by atoms with E-state index >= 15 is 0 Å². The molecule has 0 saturated carbocycles. The summed E-state index contributed by atoms with van der Waals surface area (Å²) < 4.78 is 10.6. The molecule has 1 saturated heterocycles. The molecule has 25 heavy (non-hydrogen) atoms. The van der Waals surface area contributed by atoms with Gasteiger partial charge in [-0.1, -0.05) is 0 Å². The Hall–Kier alpha value is -2.24. The fraction of sp³-hybridized carbons (Fsp3) is 0.579. The van der Waals surface area contributed by atoms with E-state index in [0.717, 1.165) is 30.4 Å². The second-order valence-electron chi connectivity index (χ2n) is 6.46. The molecule has 2 rings (SSSR count). The SMILES string of the molecule is COc1cc(C)c(CCNC(=O)C2CCN(C(C)=O)CC2)cc1OC. The number of nitrogens with zero attached hydrogens (tertiary/aromatic N) is 1. The molecule has 6 heteroatoms. The monoisotopic (exact) mass is 348 g/mol. The smallest absolute Gasteiger partial charge is 0.223 e. The average molecular weight is 348 g/mol. The molecular weight excluding hydrogens is 320 g/mol. The third-order valence-electron chi connectivity index (χ3n) is 4.85. The van der Waals surface area contributed by atoms with Crippen LogP contribution in [0.4, 0.5) is 0 Å². The maximum Gasteiger partial charge on any atom is 0.223 e. The molecule has 0 atom stereocenters. The maximum absolute atomic E-state index is 12.3. The topological polar surface area (TPSA) is 67.9 Å². The zero-order valence-corrected chi connectivity index (χ0v) is 15.6. The first kappa shape index (κ1) is 19.1. The van der Waals surface area contributed by atoms with E-state index in [9.17, 15) is 9.59 Å². The summed E-state index contributed by atoms with van der Waals surface area (Å²) in [5.41, 5.74) is 2.24. The van der Waals surface area contributed by atoms with Crippen LogP contribution in [0.2, 0.25) is 0 Å². The van der Waals surface area contributed by atoms with Crippen LogP contribution in [-0.2, 0) is 16.0 Å². The predicted molar refractivity (Wildman–Crippen MR) is 96.0 cm³/mol. The summed E-state index contributed by atoms with van der Waals surface area (Å²) >= 11 is 0. The number of hydrogen-bond donors (Lipinski definition) is 1. The molecule has 1 aromatic carbocycles. The highest BCUT2D eigenvalue weighted by Gasteiger charge is 2.25. The summed E-state index contributed by atoms with van der Waals surface area (Å²) in [5.74, 6) is 1.59. The van der Waals surface area contributed by atoms with E-state index in [0.29, 0.717) is 31.1 Å². The van der Waals surface area contributed by atoms with Gasteiger partial charge in [-0.05, 0) is 49.4 Å². The highest BCUT2D eigenvalue weighted by molar-refractivity contribution is 5.79. The van der Waals surface area contributed by atoms with Crippen LogP contribution in [0.25, 0.3) is 0 Å². The van der Waals surface area contributed by atoms with Crippen molar-refractivity contribution in [1.82, 2.24) is 10.2 Å². The molecule has 0 radical (unpaired) electrons. The fourth-order valence-corrected chi connectivity index (χ4v) is 3.21. The molecule has 0 spiro atoms. The minimum absolute atomic E-state index is 0.00194. The number of piperidine rings is 1. The summed E-state index contributed by atoms with van der Waals surface area (Å²) in [4.78, 5) is 25.5. The van der Waals surface area contributed by atoms with Gasteiger partial charge >= 0.3 is 0 Å². The Morgan fingerprint density at radius 1 is 1.16 bits per heavy atom. The van der Waals surface area contributed by atoms with Crippen LogP contribution >= 0.6 is 0 Å². The summed E-state index contributed by atoms with van der Waals surface area (Å²) in [7, 11) is 3.24. The Bertz CT molecular complexity index is 622. The summed E-state index contributed by atoms with van der Waals surface area (Å²) in [6, 6.07) is 3.92. The molecule has 2 amide bonds. The zero-order chi connectivity index (χ0) is 18.4. The number of likely N-dealkylation sites (tertiary alicyclic amines) is 1. The van der Waals surface area contributed by atoms with Gasteiger partial charge in [0.25, 0.3) is 0 Å². The molecule has 0 aliphatic carbocycles. The molecule has 0 bridgehead atoms. The van der Waals surface area contributed by atoms with E-state index in [-0.39, 0.29) is 17.7 Å². The van der Waals surface area contributed by atoms with Gasteiger partial charge in [-0.2, -0.15) is 0 Å². The summed E-state index contributed by atoms with van der Waals surface area (Å²) in [6.45, 7) is 5.52. The van der Waals surface area contributed by atoms with Gasteiger partial charge in [0, 0.05) is 32.5 Å². The van der Waals surface area contributed by atoms with Gasteiger partial charge in [-0.3, -0.25) is 9.59 Å². The first-order chi connectivity index (χ1) is 12.0. The van der Waals surface area contributed by atoms with Gasteiger partial charge in [-0.15, -0.1) is 0 Å². The highest BCUT2D eigenvalue weighted by Crippen LogP contribution is 2.30. The van der Waals surface area contributed by atoms with Crippen LogP contribution in [-0.4, -0.2) is 50.6 Å². The second kappa shape index (κ2) is 8.74. The van der Waals surface area contributed by atoms with Crippen molar-refractivity contribution < 1.29 is 19.1 Å². The van der Waals surface area contributed by atoms with Gasteiger partial charge in [0.2, 0.25) is 11.8 Å². The molecule has 0 aromatic heterocycles. The summed E-state index contributed by atoms with van der Waals surface area (Å²) in [5, 5.41) is 3.02. The van der Waals surface area contributed by atoms with Crippen molar-refractivity contribution in [2.45, 2.75) is 33.1 Å². The summed E-state index contributed by atoms with van der Waals surface area (Å²) in [6.07, 6.45) is 2.21. The number of ether oxygens (including phenoxy) is 2. The Morgan fingerprint density at radius 3 is 2.32 bits per heavy atom. The molecule has 1 fully saturated rings. The van der Waals surface area contributed by atoms with Crippen molar-refractivity contribution in [1.29, 1.82) is 0 Å². The van der Waals surface area contributed by atoms with Crippen molar-refractivity contribution in [2.24, 2.45) is 5.92 Å². The highest BCUT2D eigenvalue weighted by atomic mass is 16.5. The Kier molecular flexibility index (Phi) is 6.67. The molecule has 0 unspecified atom stereocenters. The number of amides is 2. The Morgan fingerprint density at radius 2 is 1.76 bits per heavy atom. The van der Waals surface area contributed by atoms with Gasteiger partial charge in [-0.25, -0.2) is 0 Å². The molecular formula is C19H28N2O4. The Labute approximate surface area is 149 Å². The lowest BCUT2D eigenvalue weighted by molar-refractivity contribution is -0.133. The van der Waals surface area contributed by atoms with Gasteiger partial charge in [0.1, 0.15) is 0 Å². The van der Waals surface area contributed by atoms with Crippen LogP contribution in [0.5, 0.6) is 11.5 Å². The first-order valence-electron chi connectivity index (χ1n) is 8.71. The number of carbonyl (C=O) groups is 2. The van der Waals surface area contributed by atoms with Crippen molar-refractivity contribution >= 4 is 11.8 Å². The average Bonchev–Trinajstić information content (AvgIpc) is 2.62. The second-order valence-corrected chi connectivity index (χ2v) is 6.46. The quantitative estimate of drug-likeness (QED) is 0.853. The minimum Gasteiger partial charge on any atom is -0.493 e.